The van der Waals surface area contributed by atoms with Crippen LogP contribution < -0.4 is 10.6 Å². The molecule has 0 radical (unpaired) electrons. The zero-order chi connectivity index (χ0) is 25.3. The lowest BCUT2D eigenvalue weighted by atomic mass is 10.2. The van der Waals surface area contributed by atoms with Crippen molar-refractivity contribution in [2.45, 2.75) is 39.4 Å². The van der Waals surface area contributed by atoms with Gasteiger partial charge in [0.15, 0.2) is 5.82 Å². The summed E-state index contributed by atoms with van der Waals surface area (Å²) in [6, 6.07) is 3.51. The molecule has 182 valence electrons. The number of rotatable bonds is 6. The molecule has 3 aromatic heterocycles. The zero-order valence-electron chi connectivity index (χ0n) is 19.9. The van der Waals surface area contributed by atoms with Gasteiger partial charge >= 0.3 is 6.09 Å². The van der Waals surface area contributed by atoms with E-state index in [2.05, 4.69) is 30.7 Å². The molecule has 1 unspecified atom stereocenters. The summed E-state index contributed by atoms with van der Waals surface area (Å²) in [6.45, 7) is 7.53. The van der Waals surface area contributed by atoms with Gasteiger partial charge in [-0.3, -0.25) is 14.8 Å². The maximum atomic E-state index is 11.7. The van der Waals surface area contributed by atoms with Gasteiger partial charge in [0.05, 0.1) is 29.8 Å². The first-order valence-corrected chi connectivity index (χ1v) is 10.6. The molecular formula is C22H28ClN7O4. The minimum atomic E-state index is -0.553. The third-order valence-electron chi connectivity index (χ3n) is 4.20. The molecule has 0 bridgehead atoms. The fourth-order valence-electron chi connectivity index (χ4n) is 2.71. The number of aromatic nitrogens is 5. The van der Waals surface area contributed by atoms with Gasteiger partial charge in [0.2, 0.25) is 0 Å². The maximum absolute atomic E-state index is 11.7. The summed E-state index contributed by atoms with van der Waals surface area (Å²) >= 11 is 5.75. The van der Waals surface area contributed by atoms with Crippen LogP contribution in [0.3, 0.4) is 0 Å². The van der Waals surface area contributed by atoms with E-state index in [-0.39, 0.29) is 6.10 Å². The molecule has 0 aliphatic carbocycles. The van der Waals surface area contributed by atoms with Gasteiger partial charge in [-0.2, -0.15) is 5.10 Å². The standard InChI is InChI=1S/C14H20N6O2.C8H8ClNO2/c1-14(2,3)22-13(21)19-9-6-16-11(17-7-9)10-8-18-20(5)12(10)15-4;1-6(12-5-11)7-3-2-4-10-8(7)9/h6-8,15H,1-5H3,(H,19,21);2-6H,1H3. The summed E-state index contributed by atoms with van der Waals surface area (Å²) in [6.07, 6.45) is 5.43. The van der Waals surface area contributed by atoms with Crippen LogP contribution in [0.25, 0.3) is 11.4 Å². The molecule has 34 heavy (non-hydrogen) atoms. The second-order valence-electron chi connectivity index (χ2n) is 7.96. The van der Waals surface area contributed by atoms with Crippen molar-refractivity contribution in [3.63, 3.8) is 0 Å². The van der Waals surface area contributed by atoms with E-state index in [1.165, 1.54) is 12.4 Å². The Balaban J connectivity index is 0.000000287. The van der Waals surface area contributed by atoms with Crippen LogP contribution in [-0.4, -0.2) is 49.9 Å². The minimum absolute atomic E-state index is 0.344. The molecule has 0 aliphatic heterocycles. The van der Waals surface area contributed by atoms with Crippen LogP contribution >= 0.6 is 11.6 Å². The number of aryl methyl sites for hydroxylation is 1. The molecule has 11 nitrogen and oxygen atoms in total. The number of nitrogens with one attached hydrogen (secondary N) is 2. The minimum Gasteiger partial charge on any atom is -0.460 e. The zero-order valence-corrected chi connectivity index (χ0v) is 20.6. The highest BCUT2D eigenvalue weighted by molar-refractivity contribution is 6.30. The smallest absolute Gasteiger partial charge is 0.412 e. The second kappa shape index (κ2) is 11.9. The molecule has 0 spiro atoms. The maximum Gasteiger partial charge on any atom is 0.412 e. The summed E-state index contributed by atoms with van der Waals surface area (Å²) in [4.78, 5) is 34.0. The van der Waals surface area contributed by atoms with Crippen LogP contribution in [0.15, 0.2) is 36.9 Å². The molecule has 0 aromatic carbocycles. The summed E-state index contributed by atoms with van der Waals surface area (Å²) in [5, 5.41) is 10.2. The fraction of sp³-hybridized carbons (Fsp3) is 0.364. The van der Waals surface area contributed by atoms with E-state index in [1.807, 2.05) is 7.05 Å². The third kappa shape index (κ3) is 7.69. The van der Waals surface area contributed by atoms with Crippen molar-refractivity contribution in [2.24, 2.45) is 7.05 Å². The molecule has 12 heteroatoms. The largest absolute Gasteiger partial charge is 0.460 e. The number of hydrogen-bond acceptors (Lipinski definition) is 9. The van der Waals surface area contributed by atoms with E-state index in [1.54, 1.807) is 64.0 Å². The predicted octanol–water partition coefficient (Wildman–Crippen LogP) is 4.23. The van der Waals surface area contributed by atoms with Gasteiger partial charge in [-0.05, 0) is 33.8 Å². The highest BCUT2D eigenvalue weighted by Crippen LogP contribution is 2.24. The Morgan fingerprint density at radius 1 is 1.21 bits per heavy atom. The van der Waals surface area contributed by atoms with E-state index < -0.39 is 11.7 Å². The van der Waals surface area contributed by atoms with Crippen LogP contribution in [-0.2, 0) is 21.3 Å². The molecule has 1 atom stereocenters. The first-order chi connectivity index (χ1) is 16.1. The molecule has 3 rings (SSSR count). The Morgan fingerprint density at radius 2 is 1.88 bits per heavy atom. The monoisotopic (exact) mass is 489 g/mol. The van der Waals surface area contributed by atoms with E-state index >= 15 is 0 Å². The van der Waals surface area contributed by atoms with Gasteiger partial charge in [-0.25, -0.2) is 19.7 Å². The number of carbonyl (C=O) groups is 2. The van der Waals surface area contributed by atoms with Crippen LogP contribution in [0.5, 0.6) is 0 Å². The summed E-state index contributed by atoms with van der Waals surface area (Å²) in [5.41, 5.74) is 1.41. The number of hydrogen-bond donors (Lipinski definition) is 2. The highest BCUT2D eigenvalue weighted by Gasteiger charge is 2.17. The van der Waals surface area contributed by atoms with Crippen molar-refractivity contribution in [3.8, 4) is 11.4 Å². The van der Waals surface area contributed by atoms with E-state index in [4.69, 9.17) is 21.1 Å². The third-order valence-corrected chi connectivity index (χ3v) is 4.51. The Labute approximate surface area is 202 Å². The van der Waals surface area contributed by atoms with E-state index in [0.717, 1.165) is 11.4 Å². The van der Waals surface area contributed by atoms with Crippen molar-refractivity contribution < 1.29 is 19.1 Å². The van der Waals surface area contributed by atoms with Gasteiger partial charge in [0, 0.05) is 25.9 Å². The molecule has 3 aromatic rings. The van der Waals surface area contributed by atoms with Gasteiger partial charge in [0.1, 0.15) is 22.7 Å². The second-order valence-corrected chi connectivity index (χ2v) is 8.32. The van der Waals surface area contributed by atoms with Crippen molar-refractivity contribution >= 4 is 35.7 Å². The summed E-state index contributed by atoms with van der Waals surface area (Å²) < 4.78 is 11.6. The number of anilines is 2. The Kier molecular flexibility index (Phi) is 9.31. The molecule has 0 saturated carbocycles. The molecule has 0 fully saturated rings. The number of amides is 1. The Morgan fingerprint density at radius 3 is 2.44 bits per heavy atom. The molecule has 1 amide bonds. The van der Waals surface area contributed by atoms with Gasteiger partial charge in [0.25, 0.3) is 6.47 Å². The lowest BCUT2D eigenvalue weighted by Gasteiger charge is -2.19. The topological polar surface area (TPSA) is 133 Å². The van der Waals surface area contributed by atoms with Crippen molar-refractivity contribution in [1.29, 1.82) is 0 Å². The molecule has 0 saturated heterocycles. The van der Waals surface area contributed by atoms with E-state index in [0.29, 0.717) is 28.7 Å². The van der Waals surface area contributed by atoms with Gasteiger partial charge in [-0.1, -0.05) is 17.7 Å². The normalized spacial score (nSPS) is 11.5. The van der Waals surface area contributed by atoms with Crippen LogP contribution in [0.4, 0.5) is 16.3 Å². The first-order valence-electron chi connectivity index (χ1n) is 10.3. The van der Waals surface area contributed by atoms with Crippen molar-refractivity contribution in [1.82, 2.24) is 24.7 Å². The van der Waals surface area contributed by atoms with Crippen molar-refractivity contribution in [3.05, 3.63) is 47.6 Å². The molecular weight excluding hydrogens is 462 g/mol. The average Bonchev–Trinajstić information content (AvgIpc) is 3.14. The lowest BCUT2D eigenvalue weighted by molar-refractivity contribution is -0.133. The Hall–Kier alpha value is -3.73. The van der Waals surface area contributed by atoms with Crippen LogP contribution in [0.1, 0.15) is 39.4 Å². The van der Waals surface area contributed by atoms with Gasteiger partial charge in [-0.15, -0.1) is 0 Å². The number of pyridine rings is 1. The van der Waals surface area contributed by atoms with E-state index in [9.17, 15) is 9.59 Å². The molecule has 3 heterocycles. The average molecular weight is 490 g/mol. The molecule has 2 N–H and O–H groups in total. The summed E-state index contributed by atoms with van der Waals surface area (Å²) in [7, 11) is 3.63. The van der Waals surface area contributed by atoms with Crippen LogP contribution in [0.2, 0.25) is 5.15 Å². The van der Waals surface area contributed by atoms with Gasteiger partial charge < -0.3 is 14.8 Å². The first kappa shape index (κ1) is 26.5. The summed E-state index contributed by atoms with van der Waals surface area (Å²) in [5.74, 6) is 1.33. The predicted molar refractivity (Wildman–Crippen MR) is 128 cm³/mol. The Bertz CT molecular complexity index is 1100. The quantitative estimate of drug-likeness (QED) is 0.385. The molecule has 0 aliphatic rings. The highest BCUT2D eigenvalue weighted by atomic mass is 35.5. The number of ether oxygens (including phenoxy) is 2. The number of carbonyl (C=O) groups excluding carboxylic acids is 2. The number of halogens is 1. The van der Waals surface area contributed by atoms with Crippen LogP contribution in [0, 0.1) is 0 Å². The number of nitrogens with zero attached hydrogens (tertiary/aromatic N) is 5. The van der Waals surface area contributed by atoms with Crippen molar-refractivity contribution in [2.75, 3.05) is 17.7 Å². The SMILES string of the molecule is CC(OC=O)c1cccnc1Cl.CNc1c(-c2ncc(NC(=O)OC(C)(C)C)cn2)cnn1C. The lowest BCUT2D eigenvalue weighted by Crippen LogP contribution is -2.27. The fourth-order valence-corrected chi connectivity index (χ4v) is 2.98.